The third-order valence-electron chi connectivity index (χ3n) is 2.56. The number of aromatic nitrogens is 2. The average molecular weight is 211 g/mol. The van der Waals surface area contributed by atoms with E-state index in [2.05, 4.69) is 15.5 Å². The summed E-state index contributed by atoms with van der Waals surface area (Å²) in [5.74, 6) is 0. The molecular weight excluding hydrogens is 190 g/mol. The molecule has 0 spiro atoms. The van der Waals surface area contributed by atoms with Gasteiger partial charge in [0, 0.05) is 17.8 Å². The van der Waals surface area contributed by atoms with Crippen LogP contribution in [0.1, 0.15) is 36.7 Å². The molecule has 0 bridgehead atoms. The fraction of sp³-hybridized carbons (Fsp3) is 0.727. The fourth-order valence-corrected chi connectivity index (χ4v) is 1.57. The molecule has 4 heteroatoms. The molecule has 0 fully saturated rings. The summed E-state index contributed by atoms with van der Waals surface area (Å²) in [6.07, 6.45) is 1.67. The van der Waals surface area contributed by atoms with Gasteiger partial charge in [-0.05, 0) is 40.2 Å². The van der Waals surface area contributed by atoms with E-state index in [0.29, 0.717) is 0 Å². The molecule has 3 N–H and O–H groups in total. The summed E-state index contributed by atoms with van der Waals surface area (Å²) in [5, 5.41) is 19.5. The van der Waals surface area contributed by atoms with Crippen molar-refractivity contribution in [1.82, 2.24) is 15.5 Å². The highest BCUT2D eigenvalue weighted by atomic mass is 16.3. The summed E-state index contributed by atoms with van der Waals surface area (Å²) >= 11 is 0. The van der Waals surface area contributed by atoms with E-state index in [9.17, 15) is 0 Å². The number of aliphatic hydroxyl groups is 1. The van der Waals surface area contributed by atoms with Gasteiger partial charge in [-0.2, -0.15) is 5.10 Å². The molecule has 1 unspecified atom stereocenters. The SMILES string of the molecule is Cc1n[nH]c(C)c1CNCCCC(C)O. The Hall–Kier alpha value is -0.870. The van der Waals surface area contributed by atoms with Gasteiger partial charge in [0.05, 0.1) is 11.8 Å². The summed E-state index contributed by atoms with van der Waals surface area (Å²) in [7, 11) is 0. The monoisotopic (exact) mass is 211 g/mol. The normalized spacial score (nSPS) is 13.1. The molecule has 1 aromatic heterocycles. The van der Waals surface area contributed by atoms with Gasteiger partial charge in [0.2, 0.25) is 0 Å². The summed E-state index contributed by atoms with van der Waals surface area (Å²) in [6.45, 7) is 7.66. The number of aliphatic hydroxyl groups excluding tert-OH is 1. The van der Waals surface area contributed by atoms with Crippen LogP contribution in [0.25, 0.3) is 0 Å². The lowest BCUT2D eigenvalue weighted by molar-refractivity contribution is 0.181. The Bertz CT molecular complexity index is 275. The maximum absolute atomic E-state index is 9.08. The molecule has 0 aliphatic heterocycles. The number of rotatable bonds is 6. The standard InChI is InChI=1S/C11H21N3O/c1-8(15)5-4-6-12-7-11-9(2)13-14-10(11)3/h8,12,15H,4-7H2,1-3H3,(H,13,14). The van der Waals surface area contributed by atoms with E-state index in [-0.39, 0.29) is 6.10 Å². The molecule has 4 nitrogen and oxygen atoms in total. The zero-order chi connectivity index (χ0) is 11.3. The van der Waals surface area contributed by atoms with Crippen molar-refractivity contribution in [2.75, 3.05) is 6.54 Å². The van der Waals surface area contributed by atoms with Crippen LogP contribution in [0.5, 0.6) is 0 Å². The van der Waals surface area contributed by atoms with Gasteiger partial charge in [0.1, 0.15) is 0 Å². The fourth-order valence-electron chi connectivity index (χ4n) is 1.57. The zero-order valence-electron chi connectivity index (χ0n) is 9.80. The molecule has 1 heterocycles. The van der Waals surface area contributed by atoms with E-state index in [0.717, 1.165) is 37.3 Å². The van der Waals surface area contributed by atoms with Crippen molar-refractivity contribution >= 4 is 0 Å². The molecule has 0 saturated heterocycles. The van der Waals surface area contributed by atoms with Gasteiger partial charge in [0.15, 0.2) is 0 Å². The number of aryl methyl sites for hydroxylation is 2. The summed E-state index contributed by atoms with van der Waals surface area (Å²) in [5.41, 5.74) is 3.46. The highest BCUT2D eigenvalue weighted by molar-refractivity contribution is 5.22. The van der Waals surface area contributed by atoms with Crippen LogP contribution in [-0.4, -0.2) is 28.0 Å². The van der Waals surface area contributed by atoms with Gasteiger partial charge in [0.25, 0.3) is 0 Å². The minimum atomic E-state index is -0.191. The second-order valence-electron chi connectivity index (χ2n) is 4.08. The number of H-pyrrole nitrogens is 1. The number of aromatic amines is 1. The Kier molecular flexibility index (Phi) is 4.78. The molecule has 1 aromatic rings. The molecule has 86 valence electrons. The van der Waals surface area contributed by atoms with Crippen LogP contribution < -0.4 is 5.32 Å². The van der Waals surface area contributed by atoms with Crippen molar-refractivity contribution in [2.45, 2.75) is 46.3 Å². The predicted molar refractivity (Wildman–Crippen MR) is 60.7 cm³/mol. The highest BCUT2D eigenvalue weighted by Crippen LogP contribution is 2.08. The van der Waals surface area contributed by atoms with Gasteiger partial charge in [-0.15, -0.1) is 0 Å². The third-order valence-corrected chi connectivity index (χ3v) is 2.56. The average Bonchev–Trinajstić information content (AvgIpc) is 2.47. The van der Waals surface area contributed by atoms with Crippen LogP contribution in [0.15, 0.2) is 0 Å². The topological polar surface area (TPSA) is 60.9 Å². The van der Waals surface area contributed by atoms with Crippen LogP contribution in [0, 0.1) is 13.8 Å². The van der Waals surface area contributed by atoms with Crippen LogP contribution >= 0.6 is 0 Å². The van der Waals surface area contributed by atoms with E-state index in [1.54, 1.807) is 0 Å². The first-order valence-electron chi connectivity index (χ1n) is 5.50. The van der Waals surface area contributed by atoms with Gasteiger partial charge >= 0.3 is 0 Å². The smallest absolute Gasteiger partial charge is 0.0638 e. The van der Waals surface area contributed by atoms with Gasteiger partial charge in [-0.1, -0.05) is 0 Å². The number of nitrogens with zero attached hydrogens (tertiary/aromatic N) is 1. The summed E-state index contributed by atoms with van der Waals surface area (Å²) < 4.78 is 0. The second kappa shape index (κ2) is 5.88. The van der Waals surface area contributed by atoms with Crippen molar-refractivity contribution in [3.63, 3.8) is 0 Å². The molecule has 0 aliphatic carbocycles. The van der Waals surface area contributed by atoms with E-state index in [1.165, 1.54) is 5.56 Å². The van der Waals surface area contributed by atoms with E-state index in [4.69, 9.17) is 5.11 Å². The lowest BCUT2D eigenvalue weighted by Gasteiger charge is -2.06. The molecule has 15 heavy (non-hydrogen) atoms. The molecule has 1 rings (SSSR count). The van der Waals surface area contributed by atoms with E-state index < -0.39 is 0 Å². The Morgan fingerprint density at radius 2 is 2.20 bits per heavy atom. The highest BCUT2D eigenvalue weighted by Gasteiger charge is 2.04. The first-order chi connectivity index (χ1) is 7.11. The van der Waals surface area contributed by atoms with Crippen molar-refractivity contribution in [1.29, 1.82) is 0 Å². The van der Waals surface area contributed by atoms with Crippen LogP contribution in [0.3, 0.4) is 0 Å². The zero-order valence-corrected chi connectivity index (χ0v) is 9.80. The predicted octanol–water partition coefficient (Wildman–Crippen LogP) is 1.28. The van der Waals surface area contributed by atoms with E-state index >= 15 is 0 Å². The van der Waals surface area contributed by atoms with Crippen molar-refractivity contribution in [3.05, 3.63) is 17.0 Å². The lowest BCUT2D eigenvalue weighted by atomic mass is 10.2. The van der Waals surface area contributed by atoms with Gasteiger partial charge in [-0.3, -0.25) is 5.10 Å². The Balaban J connectivity index is 2.20. The number of hydrogen-bond donors (Lipinski definition) is 3. The Morgan fingerprint density at radius 3 is 2.73 bits per heavy atom. The molecule has 0 radical (unpaired) electrons. The van der Waals surface area contributed by atoms with Crippen molar-refractivity contribution in [2.24, 2.45) is 0 Å². The van der Waals surface area contributed by atoms with Crippen LogP contribution in [0.4, 0.5) is 0 Å². The van der Waals surface area contributed by atoms with Crippen LogP contribution in [-0.2, 0) is 6.54 Å². The molecule has 0 saturated carbocycles. The molecular formula is C11H21N3O. The minimum absolute atomic E-state index is 0.191. The maximum atomic E-state index is 9.08. The molecule has 0 aromatic carbocycles. The first-order valence-corrected chi connectivity index (χ1v) is 5.50. The third kappa shape index (κ3) is 4.01. The van der Waals surface area contributed by atoms with Crippen LogP contribution in [0.2, 0.25) is 0 Å². The second-order valence-corrected chi connectivity index (χ2v) is 4.08. The maximum Gasteiger partial charge on any atom is 0.0638 e. The summed E-state index contributed by atoms with van der Waals surface area (Å²) in [4.78, 5) is 0. The largest absolute Gasteiger partial charge is 0.393 e. The summed E-state index contributed by atoms with van der Waals surface area (Å²) in [6, 6.07) is 0. The minimum Gasteiger partial charge on any atom is -0.393 e. The van der Waals surface area contributed by atoms with Crippen molar-refractivity contribution in [3.8, 4) is 0 Å². The van der Waals surface area contributed by atoms with Gasteiger partial charge < -0.3 is 10.4 Å². The number of hydrogen-bond acceptors (Lipinski definition) is 3. The molecule has 0 aliphatic rings. The molecule has 1 atom stereocenters. The Morgan fingerprint density at radius 1 is 1.47 bits per heavy atom. The first kappa shape index (κ1) is 12.2. The van der Waals surface area contributed by atoms with Gasteiger partial charge in [-0.25, -0.2) is 0 Å². The molecule has 0 amide bonds. The number of nitrogens with one attached hydrogen (secondary N) is 2. The lowest BCUT2D eigenvalue weighted by Crippen LogP contribution is -2.17. The quantitative estimate of drug-likeness (QED) is 0.621. The van der Waals surface area contributed by atoms with Crippen molar-refractivity contribution < 1.29 is 5.11 Å². The van der Waals surface area contributed by atoms with E-state index in [1.807, 2.05) is 20.8 Å². The Labute approximate surface area is 91.1 Å².